The maximum atomic E-state index is 11.9. The van der Waals surface area contributed by atoms with Crippen LogP contribution in [0, 0.1) is 11.8 Å². The second-order valence-electron chi connectivity index (χ2n) is 5.72. The minimum Gasteiger partial charge on any atom is -0.352 e. The minimum atomic E-state index is 0. The fourth-order valence-corrected chi connectivity index (χ4v) is 2.26. The van der Waals surface area contributed by atoms with Gasteiger partial charge in [-0.2, -0.15) is 0 Å². The van der Waals surface area contributed by atoms with E-state index in [0.29, 0.717) is 24.4 Å². The smallest absolute Gasteiger partial charge is 0.234 e. The van der Waals surface area contributed by atoms with Crippen LogP contribution in [0.5, 0.6) is 0 Å². The number of carbonyl (C=O) groups excluding carboxylic acids is 1. The summed E-state index contributed by atoms with van der Waals surface area (Å²) in [7, 11) is 0. The molecule has 0 saturated carbocycles. The van der Waals surface area contributed by atoms with Crippen LogP contribution in [-0.2, 0) is 4.79 Å². The van der Waals surface area contributed by atoms with E-state index in [1.165, 1.54) is 0 Å². The zero-order valence-electron chi connectivity index (χ0n) is 12.0. The number of likely N-dealkylation sites (tertiary alicyclic amines) is 1. The van der Waals surface area contributed by atoms with Crippen molar-refractivity contribution < 1.29 is 4.79 Å². The largest absolute Gasteiger partial charge is 0.352 e. The van der Waals surface area contributed by atoms with E-state index in [-0.39, 0.29) is 24.4 Å². The van der Waals surface area contributed by atoms with Crippen molar-refractivity contribution in [1.82, 2.24) is 10.2 Å². The zero-order chi connectivity index (χ0) is 13.0. The van der Waals surface area contributed by atoms with Crippen molar-refractivity contribution >= 4 is 18.3 Å². The summed E-state index contributed by atoms with van der Waals surface area (Å²) >= 11 is 0. The van der Waals surface area contributed by atoms with E-state index in [2.05, 4.69) is 37.9 Å². The molecule has 3 N–H and O–H groups in total. The van der Waals surface area contributed by atoms with E-state index in [9.17, 15) is 4.79 Å². The molecular weight excluding hydrogens is 250 g/mol. The Morgan fingerprint density at radius 3 is 2.50 bits per heavy atom. The molecule has 18 heavy (non-hydrogen) atoms. The molecule has 1 aliphatic heterocycles. The van der Waals surface area contributed by atoms with E-state index < -0.39 is 0 Å². The Labute approximate surface area is 117 Å². The van der Waals surface area contributed by atoms with Gasteiger partial charge in [0.25, 0.3) is 0 Å². The normalized spacial score (nSPS) is 25.9. The third-order valence-corrected chi connectivity index (χ3v) is 3.86. The van der Waals surface area contributed by atoms with Gasteiger partial charge in [-0.1, -0.05) is 13.8 Å². The summed E-state index contributed by atoms with van der Waals surface area (Å²) in [5.41, 5.74) is 5.68. The second kappa shape index (κ2) is 7.97. The second-order valence-corrected chi connectivity index (χ2v) is 5.72. The number of hydrogen-bond acceptors (Lipinski definition) is 3. The monoisotopic (exact) mass is 277 g/mol. The Kier molecular flexibility index (Phi) is 7.83. The van der Waals surface area contributed by atoms with Crippen molar-refractivity contribution in [2.24, 2.45) is 17.6 Å². The molecule has 0 aromatic heterocycles. The minimum absolute atomic E-state index is 0. The zero-order valence-corrected chi connectivity index (χ0v) is 12.8. The maximum absolute atomic E-state index is 11.9. The first kappa shape index (κ1) is 17.7. The van der Waals surface area contributed by atoms with Crippen molar-refractivity contribution in [2.75, 3.05) is 19.6 Å². The number of hydrogen-bond donors (Lipinski definition) is 2. The van der Waals surface area contributed by atoms with Crippen LogP contribution in [0.25, 0.3) is 0 Å². The SMILES string of the molecule is CC(C)C(C)NC(=O)CN1CC(CN)CC1C.Cl. The first-order chi connectivity index (χ1) is 7.93. The fourth-order valence-electron chi connectivity index (χ4n) is 2.26. The van der Waals surface area contributed by atoms with Crippen molar-refractivity contribution in [3.8, 4) is 0 Å². The molecule has 5 heteroatoms. The van der Waals surface area contributed by atoms with Crippen LogP contribution in [0.1, 0.15) is 34.1 Å². The number of nitrogens with one attached hydrogen (secondary N) is 1. The number of rotatable bonds is 5. The van der Waals surface area contributed by atoms with Gasteiger partial charge in [0.05, 0.1) is 6.54 Å². The molecule has 0 spiro atoms. The molecular formula is C13H28ClN3O. The maximum Gasteiger partial charge on any atom is 0.234 e. The Morgan fingerprint density at radius 1 is 1.44 bits per heavy atom. The molecule has 1 fully saturated rings. The van der Waals surface area contributed by atoms with E-state index in [1.54, 1.807) is 0 Å². The summed E-state index contributed by atoms with van der Waals surface area (Å²) < 4.78 is 0. The van der Waals surface area contributed by atoms with Crippen LogP contribution < -0.4 is 11.1 Å². The summed E-state index contributed by atoms with van der Waals surface area (Å²) in [5.74, 6) is 1.17. The Hall–Kier alpha value is -0.320. The van der Waals surface area contributed by atoms with Gasteiger partial charge in [0.15, 0.2) is 0 Å². The lowest BCUT2D eigenvalue weighted by atomic mass is 10.1. The standard InChI is InChI=1S/C13H27N3O.ClH/c1-9(2)11(4)15-13(17)8-16-7-12(6-14)5-10(16)3;/h9-12H,5-8,14H2,1-4H3,(H,15,17);1H. The van der Waals surface area contributed by atoms with E-state index in [4.69, 9.17) is 5.73 Å². The first-order valence-electron chi connectivity index (χ1n) is 6.67. The fraction of sp³-hybridized carbons (Fsp3) is 0.923. The molecule has 108 valence electrons. The van der Waals surface area contributed by atoms with Crippen LogP contribution in [0.4, 0.5) is 0 Å². The Balaban J connectivity index is 0.00000289. The van der Waals surface area contributed by atoms with Gasteiger partial charge in [0.2, 0.25) is 5.91 Å². The Bertz CT molecular complexity index is 261. The molecule has 0 aromatic carbocycles. The summed E-state index contributed by atoms with van der Waals surface area (Å²) in [4.78, 5) is 14.1. The molecule has 0 aromatic rings. The molecule has 1 aliphatic rings. The van der Waals surface area contributed by atoms with Crippen LogP contribution in [0.15, 0.2) is 0 Å². The van der Waals surface area contributed by atoms with Crippen LogP contribution in [0.3, 0.4) is 0 Å². The molecule has 3 unspecified atom stereocenters. The average Bonchev–Trinajstić information content (AvgIpc) is 2.59. The third-order valence-electron chi connectivity index (χ3n) is 3.86. The van der Waals surface area contributed by atoms with E-state index in [0.717, 1.165) is 19.5 Å². The van der Waals surface area contributed by atoms with Crippen molar-refractivity contribution in [1.29, 1.82) is 0 Å². The number of carbonyl (C=O) groups is 1. The molecule has 0 radical (unpaired) electrons. The number of nitrogens with two attached hydrogens (primary N) is 1. The van der Waals surface area contributed by atoms with Crippen LogP contribution in [0.2, 0.25) is 0 Å². The van der Waals surface area contributed by atoms with Gasteiger partial charge in [-0.05, 0) is 38.6 Å². The predicted molar refractivity (Wildman–Crippen MR) is 77.9 cm³/mol. The summed E-state index contributed by atoms with van der Waals surface area (Å²) in [6.07, 6.45) is 1.11. The summed E-state index contributed by atoms with van der Waals surface area (Å²) in [6.45, 7) is 10.7. The molecule has 4 nitrogen and oxygen atoms in total. The lowest BCUT2D eigenvalue weighted by molar-refractivity contribution is -0.123. The van der Waals surface area contributed by atoms with Crippen molar-refractivity contribution in [3.05, 3.63) is 0 Å². The van der Waals surface area contributed by atoms with E-state index in [1.807, 2.05) is 0 Å². The molecule has 1 rings (SSSR count). The third kappa shape index (κ3) is 5.12. The molecule has 3 atom stereocenters. The van der Waals surface area contributed by atoms with Crippen LogP contribution in [-0.4, -0.2) is 42.5 Å². The average molecular weight is 278 g/mol. The molecule has 0 bridgehead atoms. The number of amides is 1. The topological polar surface area (TPSA) is 58.4 Å². The highest BCUT2D eigenvalue weighted by Gasteiger charge is 2.29. The highest BCUT2D eigenvalue weighted by Crippen LogP contribution is 2.21. The van der Waals surface area contributed by atoms with Crippen molar-refractivity contribution in [3.63, 3.8) is 0 Å². The summed E-state index contributed by atoms with van der Waals surface area (Å²) in [6, 6.07) is 0.717. The van der Waals surface area contributed by atoms with Gasteiger partial charge in [-0.15, -0.1) is 12.4 Å². The number of nitrogens with zero attached hydrogens (tertiary/aromatic N) is 1. The molecule has 1 saturated heterocycles. The number of halogens is 1. The van der Waals surface area contributed by atoms with Crippen molar-refractivity contribution in [2.45, 2.75) is 46.2 Å². The molecule has 1 heterocycles. The van der Waals surface area contributed by atoms with Crippen LogP contribution >= 0.6 is 12.4 Å². The molecule has 0 aliphatic carbocycles. The van der Waals surface area contributed by atoms with Gasteiger partial charge < -0.3 is 11.1 Å². The first-order valence-corrected chi connectivity index (χ1v) is 6.67. The van der Waals surface area contributed by atoms with E-state index >= 15 is 0 Å². The lowest BCUT2D eigenvalue weighted by Gasteiger charge is -2.23. The predicted octanol–water partition coefficient (Wildman–Crippen LogP) is 1.24. The van der Waals surface area contributed by atoms with Gasteiger partial charge in [0.1, 0.15) is 0 Å². The summed E-state index contributed by atoms with van der Waals surface area (Å²) in [5, 5.41) is 3.05. The Morgan fingerprint density at radius 2 is 2.06 bits per heavy atom. The van der Waals surface area contributed by atoms with Gasteiger partial charge in [-0.25, -0.2) is 0 Å². The van der Waals surface area contributed by atoms with Gasteiger partial charge in [0, 0.05) is 18.6 Å². The van der Waals surface area contributed by atoms with Gasteiger partial charge in [-0.3, -0.25) is 9.69 Å². The lowest BCUT2D eigenvalue weighted by Crippen LogP contribution is -2.43. The highest BCUT2D eigenvalue weighted by molar-refractivity contribution is 5.85. The molecule has 1 amide bonds. The quantitative estimate of drug-likeness (QED) is 0.795. The van der Waals surface area contributed by atoms with Gasteiger partial charge >= 0.3 is 0 Å². The highest BCUT2D eigenvalue weighted by atomic mass is 35.5.